The molecule has 0 bridgehead atoms. The van der Waals surface area contributed by atoms with Gasteiger partial charge in [-0.1, -0.05) is 19.6 Å². The summed E-state index contributed by atoms with van der Waals surface area (Å²) >= 11 is 0. The third kappa shape index (κ3) is 3.39. The number of aromatic hydroxyl groups is 1. The molecule has 0 radical (unpaired) electrons. The fourth-order valence-corrected chi connectivity index (χ4v) is 1.00. The Morgan fingerprint density at radius 2 is 1.83 bits per heavy atom. The van der Waals surface area contributed by atoms with Gasteiger partial charge in [0.1, 0.15) is 5.75 Å². The predicted molar refractivity (Wildman–Crippen MR) is 52.2 cm³/mol. The van der Waals surface area contributed by atoms with Gasteiger partial charge in [0, 0.05) is 6.04 Å². The molecule has 0 aliphatic rings. The van der Waals surface area contributed by atoms with Crippen LogP contribution in [0, 0.1) is 0 Å². The van der Waals surface area contributed by atoms with Crippen LogP contribution in [-0.4, -0.2) is 11.1 Å². The van der Waals surface area contributed by atoms with Crippen LogP contribution >= 0.6 is 0 Å². The molecular formula is C10H17NO. The van der Waals surface area contributed by atoms with Crippen molar-refractivity contribution >= 4 is 0 Å². The molecule has 0 aliphatic carbocycles. The molecule has 0 saturated heterocycles. The summed E-state index contributed by atoms with van der Waals surface area (Å²) in [6.45, 7) is 1.97. The van der Waals surface area contributed by atoms with E-state index in [-0.39, 0.29) is 13.5 Å². The summed E-state index contributed by atoms with van der Waals surface area (Å²) in [5.41, 5.74) is 6.76. The fourth-order valence-electron chi connectivity index (χ4n) is 1.00. The van der Waals surface area contributed by atoms with E-state index in [1.165, 1.54) is 0 Å². The van der Waals surface area contributed by atoms with Gasteiger partial charge < -0.3 is 10.8 Å². The zero-order valence-corrected chi connectivity index (χ0v) is 6.62. The van der Waals surface area contributed by atoms with E-state index in [2.05, 4.69) is 0 Å². The molecule has 2 nitrogen and oxygen atoms in total. The lowest BCUT2D eigenvalue weighted by atomic mass is 10.1. The third-order valence-electron chi connectivity index (χ3n) is 1.49. The Hall–Kier alpha value is -1.02. The van der Waals surface area contributed by atoms with E-state index in [9.17, 15) is 0 Å². The first kappa shape index (κ1) is 11.0. The van der Waals surface area contributed by atoms with E-state index >= 15 is 0 Å². The minimum absolute atomic E-state index is 0. The lowest BCUT2D eigenvalue weighted by molar-refractivity contribution is 0.475. The van der Waals surface area contributed by atoms with Gasteiger partial charge in [-0.05, 0) is 31.0 Å². The van der Waals surface area contributed by atoms with Crippen molar-refractivity contribution in [3.05, 3.63) is 29.8 Å². The molecule has 0 aromatic heterocycles. The van der Waals surface area contributed by atoms with Gasteiger partial charge in [0.15, 0.2) is 0 Å². The quantitative estimate of drug-likeness (QED) is 0.707. The highest BCUT2D eigenvalue weighted by atomic mass is 16.3. The van der Waals surface area contributed by atoms with Crippen LogP contribution in [0.5, 0.6) is 5.75 Å². The lowest BCUT2D eigenvalue weighted by Gasteiger charge is -2.03. The molecule has 0 aliphatic heterocycles. The molecule has 12 heavy (non-hydrogen) atoms. The van der Waals surface area contributed by atoms with E-state index in [1.54, 1.807) is 12.1 Å². The molecule has 1 aromatic carbocycles. The normalized spacial score (nSPS) is 11.8. The zero-order valence-electron chi connectivity index (χ0n) is 6.62. The van der Waals surface area contributed by atoms with Crippen LogP contribution in [0.25, 0.3) is 0 Å². The van der Waals surface area contributed by atoms with Gasteiger partial charge in [-0.25, -0.2) is 0 Å². The second-order valence-electron chi connectivity index (χ2n) is 2.85. The second kappa shape index (κ2) is 4.78. The number of hydrogen-bond acceptors (Lipinski definition) is 2. The summed E-state index contributed by atoms with van der Waals surface area (Å²) in [4.78, 5) is 0. The maximum absolute atomic E-state index is 8.96. The third-order valence-corrected chi connectivity index (χ3v) is 1.49. The van der Waals surface area contributed by atoms with Gasteiger partial charge in [0.2, 0.25) is 0 Å². The molecule has 0 saturated carbocycles. The number of hydrogen-bond donors (Lipinski definition) is 2. The van der Waals surface area contributed by atoms with E-state index in [0.29, 0.717) is 5.75 Å². The number of phenolic OH excluding ortho intramolecular Hbond substituents is 1. The molecule has 1 atom stereocenters. The Balaban J connectivity index is 0.00000121. The molecule has 3 N–H and O–H groups in total. The van der Waals surface area contributed by atoms with Crippen molar-refractivity contribution in [3.8, 4) is 5.75 Å². The highest BCUT2D eigenvalue weighted by Gasteiger charge is 1.96. The molecule has 0 heterocycles. The average molecular weight is 167 g/mol. The first-order chi connectivity index (χ1) is 5.18. The van der Waals surface area contributed by atoms with Crippen LogP contribution in [0.2, 0.25) is 0 Å². The summed E-state index contributed by atoms with van der Waals surface area (Å²) in [5, 5.41) is 8.96. The summed E-state index contributed by atoms with van der Waals surface area (Å²) in [6, 6.07) is 7.31. The van der Waals surface area contributed by atoms with E-state index in [1.807, 2.05) is 19.1 Å². The number of phenols is 1. The molecule has 0 fully saturated rings. The molecular weight excluding hydrogens is 150 g/mol. The van der Waals surface area contributed by atoms with Crippen molar-refractivity contribution in [2.75, 3.05) is 0 Å². The summed E-state index contributed by atoms with van der Waals surface area (Å²) < 4.78 is 0. The first-order valence-electron chi connectivity index (χ1n) is 3.72. The van der Waals surface area contributed by atoms with Crippen molar-refractivity contribution in [2.24, 2.45) is 5.73 Å². The van der Waals surface area contributed by atoms with Crippen molar-refractivity contribution in [3.63, 3.8) is 0 Å². The lowest BCUT2D eigenvalue weighted by Crippen LogP contribution is -2.17. The number of rotatable bonds is 2. The fraction of sp³-hybridized carbons (Fsp3) is 0.400. The van der Waals surface area contributed by atoms with Gasteiger partial charge in [0.05, 0.1) is 0 Å². The van der Waals surface area contributed by atoms with Gasteiger partial charge in [-0.2, -0.15) is 0 Å². The SMILES string of the molecule is C.C[C@H](N)Cc1ccc(O)cc1. The molecule has 1 rings (SSSR count). The van der Waals surface area contributed by atoms with Crippen LogP contribution in [0.3, 0.4) is 0 Å². The van der Waals surface area contributed by atoms with Crippen LogP contribution in [-0.2, 0) is 6.42 Å². The van der Waals surface area contributed by atoms with Crippen LogP contribution < -0.4 is 5.73 Å². The van der Waals surface area contributed by atoms with Crippen LogP contribution in [0.15, 0.2) is 24.3 Å². The van der Waals surface area contributed by atoms with Gasteiger partial charge in [-0.3, -0.25) is 0 Å². The topological polar surface area (TPSA) is 46.2 Å². The van der Waals surface area contributed by atoms with E-state index in [4.69, 9.17) is 10.8 Å². The smallest absolute Gasteiger partial charge is 0.115 e. The Kier molecular flexibility index (Phi) is 4.37. The zero-order chi connectivity index (χ0) is 8.27. The van der Waals surface area contributed by atoms with Gasteiger partial charge >= 0.3 is 0 Å². The average Bonchev–Trinajstić information content (AvgIpc) is 1.93. The van der Waals surface area contributed by atoms with Crippen LogP contribution in [0.1, 0.15) is 19.9 Å². The highest BCUT2D eigenvalue weighted by Crippen LogP contribution is 2.10. The molecule has 0 spiro atoms. The van der Waals surface area contributed by atoms with Crippen molar-refractivity contribution in [1.82, 2.24) is 0 Å². The Morgan fingerprint density at radius 3 is 2.25 bits per heavy atom. The molecule has 2 heteroatoms. The van der Waals surface area contributed by atoms with Gasteiger partial charge in [-0.15, -0.1) is 0 Å². The summed E-state index contributed by atoms with van der Waals surface area (Å²) in [5.74, 6) is 0.304. The number of benzene rings is 1. The van der Waals surface area contributed by atoms with E-state index < -0.39 is 0 Å². The Morgan fingerprint density at radius 1 is 1.33 bits per heavy atom. The first-order valence-corrected chi connectivity index (χ1v) is 3.72. The monoisotopic (exact) mass is 167 g/mol. The largest absolute Gasteiger partial charge is 0.508 e. The summed E-state index contributed by atoms with van der Waals surface area (Å²) in [6.07, 6.45) is 0.861. The molecule has 0 unspecified atom stereocenters. The number of nitrogens with two attached hydrogens (primary N) is 1. The maximum Gasteiger partial charge on any atom is 0.115 e. The Bertz CT molecular complexity index is 216. The Labute approximate surface area is 74.0 Å². The predicted octanol–water partition coefficient (Wildman–Crippen LogP) is 1.92. The maximum atomic E-state index is 8.96. The molecule has 0 amide bonds. The standard InChI is InChI=1S/C9H13NO.CH4/c1-7(10)6-8-2-4-9(11)5-3-8;/h2-5,7,11H,6,10H2,1H3;1H4/t7-;/m0./s1. The molecule has 68 valence electrons. The van der Waals surface area contributed by atoms with E-state index in [0.717, 1.165) is 12.0 Å². The minimum Gasteiger partial charge on any atom is -0.508 e. The van der Waals surface area contributed by atoms with Crippen molar-refractivity contribution < 1.29 is 5.11 Å². The van der Waals surface area contributed by atoms with Crippen molar-refractivity contribution in [1.29, 1.82) is 0 Å². The summed E-state index contributed by atoms with van der Waals surface area (Å²) in [7, 11) is 0. The van der Waals surface area contributed by atoms with Gasteiger partial charge in [0.25, 0.3) is 0 Å². The van der Waals surface area contributed by atoms with Crippen molar-refractivity contribution in [2.45, 2.75) is 26.8 Å². The van der Waals surface area contributed by atoms with Crippen LogP contribution in [0.4, 0.5) is 0 Å². The molecule has 1 aromatic rings. The highest BCUT2D eigenvalue weighted by molar-refractivity contribution is 5.26. The minimum atomic E-state index is 0. The second-order valence-corrected chi connectivity index (χ2v) is 2.85.